The van der Waals surface area contributed by atoms with Crippen LogP contribution in [0.3, 0.4) is 0 Å². The summed E-state index contributed by atoms with van der Waals surface area (Å²) in [5.41, 5.74) is -0.311. The lowest BCUT2D eigenvalue weighted by molar-refractivity contribution is -0.141. The van der Waals surface area contributed by atoms with Crippen molar-refractivity contribution in [3.05, 3.63) is 58.1 Å². The molecule has 1 aromatic heterocycles. The van der Waals surface area contributed by atoms with E-state index in [1.165, 1.54) is 18.3 Å². The van der Waals surface area contributed by atoms with Crippen LogP contribution < -0.4 is 15.4 Å². The number of hydrogen-bond acceptors (Lipinski definition) is 4. The van der Waals surface area contributed by atoms with Crippen LogP contribution in [0.5, 0.6) is 5.75 Å². The van der Waals surface area contributed by atoms with Crippen molar-refractivity contribution in [1.29, 1.82) is 0 Å². The second kappa shape index (κ2) is 6.90. The second-order valence-electron chi connectivity index (χ2n) is 7.32. The van der Waals surface area contributed by atoms with E-state index >= 15 is 0 Å². The van der Waals surface area contributed by atoms with E-state index < -0.39 is 5.82 Å². The lowest BCUT2D eigenvalue weighted by Crippen LogP contribution is -2.84. The van der Waals surface area contributed by atoms with E-state index in [2.05, 4.69) is 15.6 Å². The van der Waals surface area contributed by atoms with Crippen molar-refractivity contribution in [1.82, 2.24) is 15.6 Å². The van der Waals surface area contributed by atoms with Gasteiger partial charge < -0.3 is 15.4 Å². The van der Waals surface area contributed by atoms with Gasteiger partial charge in [-0.2, -0.15) is 0 Å². The molecule has 0 radical (unpaired) electrons. The lowest BCUT2D eigenvalue weighted by Gasteiger charge is -2.70. The summed E-state index contributed by atoms with van der Waals surface area (Å²) in [7, 11) is 0. The van der Waals surface area contributed by atoms with E-state index in [4.69, 9.17) is 27.9 Å². The Labute approximate surface area is 170 Å². The quantitative estimate of drug-likeness (QED) is 0.747. The third-order valence-corrected chi connectivity index (χ3v) is 5.56. The Morgan fingerprint density at radius 2 is 1.82 bits per heavy atom. The Balaban J connectivity index is 1.24. The summed E-state index contributed by atoms with van der Waals surface area (Å²) in [6.45, 7) is -0.225. The third-order valence-electron chi connectivity index (χ3n) is 5.03. The standard InChI is InChI=1S/C19H16Cl2FN3O3/c20-11-1-4-15(23-6-11)17(27)25-19-8-18(9-19,10-19)24-16(26)7-28-12-2-3-13(21)14(22)5-12/h1-6H,7-10H2,(H,24,26)(H,25,27). The summed E-state index contributed by atoms with van der Waals surface area (Å²) in [5.74, 6) is -0.931. The first-order chi connectivity index (χ1) is 13.3. The Morgan fingerprint density at radius 1 is 1.11 bits per heavy atom. The van der Waals surface area contributed by atoms with E-state index in [0.717, 1.165) is 6.07 Å². The van der Waals surface area contributed by atoms with Crippen LogP contribution in [0.15, 0.2) is 36.5 Å². The maximum atomic E-state index is 13.4. The molecule has 3 aliphatic rings. The maximum absolute atomic E-state index is 13.4. The van der Waals surface area contributed by atoms with Gasteiger partial charge in [0, 0.05) is 23.3 Å². The molecule has 3 aliphatic carbocycles. The summed E-state index contributed by atoms with van der Waals surface area (Å²) >= 11 is 11.4. The fourth-order valence-corrected chi connectivity index (χ4v) is 4.14. The van der Waals surface area contributed by atoms with Gasteiger partial charge in [0.2, 0.25) is 0 Å². The largest absolute Gasteiger partial charge is 0.484 e. The molecule has 3 fully saturated rings. The number of aromatic nitrogens is 1. The molecule has 6 nitrogen and oxygen atoms in total. The molecule has 9 heteroatoms. The highest BCUT2D eigenvalue weighted by molar-refractivity contribution is 6.30. The highest BCUT2D eigenvalue weighted by Crippen LogP contribution is 2.60. The zero-order valence-corrected chi connectivity index (χ0v) is 16.1. The number of carbonyl (C=O) groups excluding carboxylic acids is 2. The topological polar surface area (TPSA) is 80.3 Å². The minimum Gasteiger partial charge on any atom is -0.484 e. The van der Waals surface area contributed by atoms with Gasteiger partial charge in [-0.15, -0.1) is 0 Å². The van der Waals surface area contributed by atoms with Crippen molar-refractivity contribution in [2.45, 2.75) is 30.3 Å². The molecule has 2 amide bonds. The molecule has 0 aliphatic heterocycles. The molecular formula is C19H16Cl2FN3O3. The van der Waals surface area contributed by atoms with Crippen LogP contribution in [0.4, 0.5) is 4.39 Å². The van der Waals surface area contributed by atoms with Crippen LogP contribution in [0.1, 0.15) is 29.8 Å². The summed E-state index contributed by atoms with van der Waals surface area (Å²) in [6, 6.07) is 7.17. The molecule has 1 heterocycles. The summed E-state index contributed by atoms with van der Waals surface area (Å²) < 4.78 is 18.7. The number of carbonyl (C=O) groups is 2. The second-order valence-corrected chi connectivity index (χ2v) is 8.16. The Hall–Kier alpha value is -2.38. The van der Waals surface area contributed by atoms with Crippen LogP contribution in [0, 0.1) is 5.82 Å². The Kier molecular flexibility index (Phi) is 4.67. The van der Waals surface area contributed by atoms with E-state index in [9.17, 15) is 14.0 Å². The van der Waals surface area contributed by atoms with Gasteiger partial charge in [0.25, 0.3) is 11.8 Å². The molecule has 0 spiro atoms. The van der Waals surface area contributed by atoms with Crippen molar-refractivity contribution < 1.29 is 18.7 Å². The zero-order valence-electron chi connectivity index (χ0n) is 14.6. The molecule has 2 N–H and O–H groups in total. The highest BCUT2D eigenvalue weighted by Gasteiger charge is 2.69. The molecule has 146 valence electrons. The van der Waals surface area contributed by atoms with Gasteiger partial charge in [-0.25, -0.2) is 9.37 Å². The van der Waals surface area contributed by atoms with Crippen LogP contribution in [0.2, 0.25) is 10.0 Å². The number of ether oxygens (including phenoxy) is 1. The van der Waals surface area contributed by atoms with Gasteiger partial charge in [-0.3, -0.25) is 9.59 Å². The third kappa shape index (κ3) is 3.64. The Morgan fingerprint density at radius 3 is 2.46 bits per heavy atom. The average molecular weight is 424 g/mol. The van der Waals surface area contributed by atoms with E-state index in [1.807, 2.05) is 0 Å². The van der Waals surface area contributed by atoms with Crippen LogP contribution in [0.25, 0.3) is 0 Å². The first kappa shape index (κ1) is 19.0. The number of halogens is 3. The van der Waals surface area contributed by atoms with Gasteiger partial charge in [0.15, 0.2) is 6.61 Å². The van der Waals surface area contributed by atoms with Gasteiger partial charge in [0.05, 0.1) is 10.0 Å². The maximum Gasteiger partial charge on any atom is 0.270 e. The lowest BCUT2D eigenvalue weighted by atomic mass is 9.44. The number of nitrogens with one attached hydrogen (secondary N) is 2. The molecule has 2 bridgehead atoms. The smallest absolute Gasteiger partial charge is 0.270 e. The highest BCUT2D eigenvalue weighted by atomic mass is 35.5. The normalized spacial score (nSPS) is 24.5. The number of nitrogens with zero attached hydrogens (tertiary/aromatic N) is 1. The summed E-state index contributed by atoms with van der Waals surface area (Å²) in [6.07, 6.45) is 3.38. The number of hydrogen-bond donors (Lipinski definition) is 2. The average Bonchev–Trinajstić information content (AvgIpc) is 2.60. The summed E-state index contributed by atoms with van der Waals surface area (Å²) in [5, 5.41) is 6.37. The van der Waals surface area contributed by atoms with Crippen LogP contribution >= 0.6 is 23.2 Å². The van der Waals surface area contributed by atoms with Crippen LogP contribution in [-0.4, -0.2) is 34.5 Å². The van der Waals surface area contributed by atoms with Gasteiger partial charge >= 0.3 is 0 Å². The number of rotatable bonds is 6. The molecule has 0 unspecified atom stereocenters. The van der Waals surface area contributed by atoms with Crippen molar-refractivity contribution >= 4 is 35.0 Å². The van der Waals surface area contributed by atoms with Gasteiger partial charge in [0.1, 0.15) is 17.3 Å². The molecule has 2 aromatic rings. The number of benzene rings is 1. The van der Waals surface area contributed by atoms with E-state index in [-0.39, 0.29) is 40.3 Å². The zero-order chi connectivity index (χ0) is 19.9. The van der Waals surface area contributed by atoms with Gasteiger partial charge in [-0.1, -0.05) is 23.2 Å². The van der Waals surface area contributed by atoms with E-state index in [1.54, 1.807) is 12.1 Å². The minimum atomic E-state index is -0.605. The molecule has 0 saturated heterocycles. The minimum absolute atomic E-state index is 0.00758. The predicted molar refractivity (Wildman–Crippen MR) is 101 cm³/mol. The monoisotopic (exact) mass is 423 g/mol. The van der Waals surface area contributed by atoms with Crippen molar-refractivity contribution in [2.24, 2.45) is 0 Å². The van der Waals surface area contributed by atoms with Crippen molar-refractivity contribution in [2.75, 3.05) is 6.61 Å². The van der Waals surface area contributed by atoms with Crippen LogP contribution in [-0.2, 0) is 4.79 Å². The molecule has 1 aromatic carbocycles. The molecule has 0 atom stereocenters. The molecule has 28 heavy (non-hydrogen) atoms. The number of amides is 2. The SMILES string of the molecule is O=C(COc1ccc(Cl)c(F)c1)NC12CC(NC(=O)c3ccc(Cl)cn3)(C1)C2. The molecule has 3 saturated carbocycles. The fraction of sp³-hybridized carbons (Fsp3) is 0.316. The predicted octanol–water partition coefficient (Wildman–Crippen LogP) is 3.13. The molecule has 5 rings (SSSR count). The van der Waals surface area contributed by atoms with Crippen molar-refractivity contribution in [3.8, 4) is 5.75 Å². The number of pyridine rings is 1. The van der Waals surface area contributed by atoms with Crippen molar-refractivity contribution in [3.63, 3.8) is 0 Å². The van der Waals surface area contributed by atoms with Gasteiger partial charge in [-0.05, 0) is 43.5 Å². The first-order valence-corrected chi connectivity index (χ1v) is 9.37. The first-order valence-electron chi connectivity index (χ1n) is 8.61. The Bertz CT molecular complexity index is 932. The summed E-state index contributed by atoms with van der Waals surface area (Å²) in [4.78, 5) is 28.4. The van der Waals surface area contributed by atoms with E-state index in [0.29, 0.717) is 30.0 Å². The fourth-order valence-electron chi connectivity index (χ4n) is 3.92. The molecular weight excluding hydrogens is 408 g/mol.